The average molecular weight is 342 g/mol. The van der Waals surface area contributed by atoms with Gasteiger partial charge in [-0.3, -0.25) is 4.79 Å². The molecule has 1 heterocycles. The summed E-state index contributed by atoms with van der Waals surface area (Å²) >= 11 is 0. The molecule has 25 heavy (non-hydrogen) atoms. The summed E-state index contributed by atoms with van der Waals surface area (Å²) in [5, 5.41) is 4.46. The SMILES string of the molecule is CCNCc1c(N)[nH]c2cc(N(CC)C(=O)C3CCCCC3)ccc12. The predicted octanol–water partition coefficient (Wildman–Crippen LogP) is 3.79. The van der Waals surface area contributed by atoms with Gasteiger partial charge < -0.3 is 20.9 Å². The lowest BCUT2D eigenvalue weighted by molar-refractivity contribution is -0.123. The largest absolute Gasteiger partial charge is 0.385 e. The molecule has 0 atom stereocenters. The third-order valence-corrected chi connectivity index (χ3v) is 5.32. The lowest BCUT2D eigenvalue weighted by Crippen LogP contribution is -2.37. The van der Waals surface area contributed by atoms with Crippen molar-refractivity contribution in [1.29, 1.82) is 0 Å². The molecule has 1 fully saturated rings. The second kappa shape index (κ2) is 7.91. The van der Waals surface area contributed by atoms with E-state index in [1.54, 1.807) is 0 Å². The van der Waals surface area contributed by atoms with Gasteiger partial charge in [0.2, 0.25) is 5.91 Å². The van der Waals surface area contributed by atoms with Crippen molar-refractivity contribution in [2.75, 3.05) is 23.7 Å². The smallest absolute Gasteiger partial charge is 0.230 e. The van der Waals surface area contributed by atoms with E-state index in [9.17, 15) is 4.79 Å². The van der Waals surface area contributed by atoms with Crippen molar-refractivity contribution in [3.05, 3.63) is 23.8 Å². The number of nitrogen functional groups attached to an aromatic ring is 1. The van der Waals surface area contributed by atoms with E-state index in [1.807, 2.05) is 11.8 Å². The van der Waals surface area contributed by atoms with Gasteiger partial charge in [0.05, 0.1) is 0 Å². The van der Waals surface area contributed by atoms with Gasteiger partial charge in [-0.2, -0.15) is 0 Å². The number of carbonyl (C=O) groups is 1. The number of nitrogens with one attached hydrogen (secondary N) is 2. The predicted molar refractivity (Wildman–Crippen MR) is 105 cm³/mol. The molecule has 0 radical (unpaired) electrons. The minimum absolute atomic E-state index is 0.183. The monoisotopic (exact) mass is 342 g/mol. The first-order valence-corrected chi connectivity index (χ1v) is 9.57. The minimum Gasteiger partial charge on any atom is -0.385 e. The van der Waals surface area contributed by atoms with Crippen LogP contribution in [0.5, 0.6) is 0 Å². The van der Waals surface area contributed by atoms with Gasteiger partial charge in [-0.05, 0) is 38.4 Å². The van der Waals surface area contributed by atoms with Crippen LogP contribution in [0.3, 0.4) is 0 Å². The van der Waals surface area contributed by atoms with Crippen LogP contribution in [0.25, 0.3) is 10.9 Å². The fourth-order valence-corrected chi connectivity index (χ4v) is 3.91. The van der Waals surface area contributed by atoms with E-state index < -0.39 is 0 Å². The van der Waals surface area contributed by atoms with Gasteiger partial charge in [-0.15, -0.1) is 0 Å². The lowest BCUT2D eigenvalue weighted by atomic mass is 9.88. The summed E-state index contributed by atoms with van der Waals surface area (Å²) in [4.78, 5) is 18.2. The first kappa shape index (κ1) is 17.8. The maximum Gasteiger partial charge on any atom is 0.230 e. The summed E-state index contributed by atoms with van der Waals surface area (Å²) in [5.41, 5.74) is 9.21. The number of H-pyrrole nitrogens is 1. The Morgan fingerprint density at radius 3 is 2.72 bits per heavy atom. The van der Waals surface area contributed by atoms with Crippen molar-refractivity contribution in [1.82, 2.24) is 10.3 Å². The Morgan fingerprint density at radius 1 is 1.28 bits per heavy atom. The number of hydrogen-bond donors (Lipinski definition) is 3. The number of amides is 1. The van der Waals surface area contributed by atoms with Crippen LogP contribution in [-0.2, 0) is 11.3 Å². The van der Waals surface area contributed by atoms with E-state index in [4.69, 9.17) is 5.73 Å². The van der Waals surface area contributed by atoms with E-state index >= 15 is 0 Å². The average Bonchev–Trinajstić information content (AvgIpc) is 2.95. The Kier molecular flexibility index (Phi) is 5.63. The molecule has 0 saturated heterocycles. The molecule has 4 N–H and O–H groups in total. The molecule has 5 heteroatoms. The molecule has 1 aliphatic carbocycles. The highest BCUT2D eigenvalue weighted by Gasteiger charge is 2.26. The molecule has 0 spiro atoms. The van der Waals surface area contributed by atoms with Gasteiger partial charge in [0.25, 0.3) is 0 Å². The third-order valence-electron chi connectivity index (χ3n) is 5.32. The van der Waals surface area contributed by atoms with Gasteiger partial charge in [-0.1, -0.05) is 32.3 Å². The summed E-state index contributed by atoms with van der Waals surface area (Å²) < 4.78 is 0. The Bertz CT molecular complexity index is 731. The Labute approximate surface area is 150 Å². The fraction of sp³-hybridized carbons (Fsp3) is 0.550. The maximum atomic E-state index is 13.0. The van der Waals surface area contributed by atoms with Crippen LogP contribution in [0.2, 0.25) is 0 Å². The van der Waals surface area contributed by atoms with Crippen LogP contribution >= 0.6 is 0 Å². The number of benzene rings is 1. The van der Waals surface area contributed by atoms with Crippen molar-refractivity contribution < 1.29 is 4.79 Å². The van der Waals surface area contributed by atoms with Crippen LogP contribution in [-0.4, -0.2) is 24.0 Å². The first-order valence-electron chi connectivity index (χ1n) is 9.57. The molecular formula is C20H30N4O. The standard InChI is InChI=1S/C20H30N4O/c1-3-22-13-17-16-11-10-15(12-18(16)23-19(17)21)24(4-2)20(25)14-8-6-5-7-9-14/h10-12,14,22-23H,3-9,13,21H2,1-2H3. The summed E-state index contributed by atoms with van der Waals surface area (Å²) in [6.45, 7) is 6.48. The van der Waals surface area contributed by atoms with E-state index in [0.29, 0.717) is 12.4 Å². The highest BCUT2D eigenvalue weighted by atomic mass is 16.2. The maximum absolute atomic E-state index is 13.0. The number of carbonyl (C=O) groups excluding carboxylic acids is 1. The molecule has 1 aliphatic rings. The molecule has 0 aliphatic heterocycles. The van der Waals surface area contributed by atoms with Crippen molar-refractivity contribution in [2.24, 2.45) is 5.92 Å². The summed E-state index contributed by atoms with van der Waals surface area (Å²) in [6.07, 6.45) is 5.67. The van der Waals surface area contributed by atoms with Gasteiger partial charge >= 0.3 is 0 Å². The molecule has 136 valence electrons. The van der Waals surface area contributed by atoms with E-state index in [2.05, 4.69) is 35.4 Å². The normalized spacial score (nSPS) is 15.6. The quantitative estimate of drug-likeness (QED) is 0.747. The second-order valence-electron chi connectivity index (χ2n) is 6.94. The highest BCUT2D eigenvalue weighted by Crippen LogP contribution is 2.31. The molecule has 2 aromatic rings. The number of nitrogens with zero attached hydrogens (tertiary/aromatic N) is 1. The van der Waals surface area contributed by atoms with Crippen LogP contribution < -0.4 is 16.0 Å². The van der Waals surface area contributed by atoms with E-state index in [0.717, 1.165) is 48.1 Å². The van der Waals surface area contributed by atoms with Crippen molar-refractivity contribution >= 4 is 28.3 Å². The first-order chi connectivity index (χ1) is 12.2. The molecule has 1 aromatic heterocycles. The number of rotatable bonds is 6. The minimum atomic E-state index is 0.183. The number of fused-ring (bicyclic) bond motifs is 1. The summed E-state index contributed by atoms with van der Waals surface area (Å²) in [7, 11) is 0. The van der Waals surface area contributed by atoms with Crippen LogP contribution in [0.4, 0.5) is 11.5 Å². The van der Waals surface area contributed by atoms with Crippen LogP contribution in [0, 0.1) is 5.92 Å². The lowest BCUT2D eigenvalue weighted by Gasteiger charge is -2.28. The molecule has 3 rings (SSSR count). The molecule has 1 amide bonds. The van der Waals surface area contributed by atoms with Crippen molar-refractivity contribution in [3.8, 4) is 0 Å². The van der Waals surface area contributed by atoms with E-state index in [1.165, 1.54) is 19.3 Å². The number of hydrogen-bond acceptors (Lipinski definition) is 3. The Balaban J connectivity index is 1.87. The Hall–Kier alpha value is -2.01. The van der Waals surface area contributed by atoms with Crippen molar-refractivity contribution in [2.45, 2.75) is 52.5 Å². The van der Waals surface area contributed by atoms with Gasteiger partial charge in [0.15, 0.2) is 0 Å². The highest BCUT2D eigenvalue weighted by molar-refractivity contribution is 5.98. The Morgan fingerprint density at radius 2 is 2.04 bits per heavy atom. The molecule has 0 unspecified atom stereocenters. The van der Waals surface area contributed by atoms with Gasteiger partial charge in [0, 0.05) is 41.2 Å². The van der Waals surface area contributed by atoms with Crippen molar-refractivity contribution in [3.63, 3.8) is 0 Å². The van der Waals surface area contributed by atoms with E-state index in [-0.39, 0.29) is 11.8 Å². The molecule has 1 saturated carbocycles. The molecule has 1 aromatic carbocycles. The molecular weight excluding hydrogens is 312 g/mol. The third kappa shape index (κ3) is 3.66. The number of anilines is 2. The molecule has 5 nitrogen and oxygen atoms in total. The zero-order valence-corrected chi connectivity index (χ0v) is 15.4. The van der Waals surface area contributed by atoms with Gasteiger partial charge in [0.1, 0.15) is 5.82 Å². The fourth-order valence-electron chi connectivity index (χ4n) is 3.91. The second-order valence-corrected chi connectivity index (χ2v) is 6.94. The topological polar surface area (TPSA) is 74.2 Å². The van der Waals surface area contributed by atoms with Crippen LogP contribution in [0.15, 0.2) is 18.2 Å². The molecule has 0 bridgehead atoms. The summed E-state index contributed by atoms with van der Waals surface area (Å²) in [5.74, 6) is 1.16. The number of aromatic nitrogens is 1. The number of aromatic amines is 1. The zero-order chi connectivity index (χ0) is 17.8. The number of nitrogens with two attached hydrogens (primary N) is 1. The van der Waals surface area contributed by atoms with Crippen LogP contribution in [0.1, 0.15) is 51.5 Å². The summed E-state index contributed by atoms with van der Waals surface area (Å²) in [6, 6.07) is 6.20. The zero-order valence-electron chi connectivity index (χ0n) is 15.4. The van der Waals surface area contributed by atoms with Gasteiger partial charge in [-0.25, -0.2) is 0 Å².